The molecule has 0 saturated heterocycles. The molecule has 1 aliphatic rings. The SMILES string of the molecule is CCOC(=O)c1c(NC(=O)[C@@H](C)Oc2cccc(OC)c2)sc2c1CCC2. The predicted octanol–water partition coefficient (Wildman–Crippen LogP) is 3.83. The number of hydrogen-bond acceptors (Lipinski definition) is 6. The molecule has 0 fully saturated rings. The summed E-state index contributed by atoms with van der Waals surface area (Å²) in [6, 6.07) is 7.07. The Bertz CT molecular complexity index is 845. The van der Waals surface area contributed by atoms with Crippen molar-refractivity contribution in [3.63, 3.8) is 0 Å². The van der Waals surface area contributed by atoms with Crippen LogP contribution in [0.1, 0.15) is 41.1 Å². The number of thiophene rings is 1. The molecule has 6 nitrogen and oxygen atoms in total. The number of fused-ring (bicyclic) bond motifs is 1. The van der Waals surface area contributed by atoms with Crippen molar-refractivity contribution in [3.05, 3.63) is 40.3 Å². The van der Waals surface area contributed by atoms with Crippen molar-refractivity contribution < 1.29 is 23.8 Å². The van der Waals surface area contributed by atoms with Crippen molar-refractivity contribution in [1.82, 2.24) is 0 Å². The van der Waals surface area contributed by atoms with Crippen LogP contribution in [0.15, 0.2) is 24.3 Å². The van der Waals surface area contributed by atoms with Gasteiger partial charge in [-0.3, -0.25) is 4.79 Å². The van der Waals surface area contributed by atoms with Crippen LogP contribution in [0.4, 0.5) is 5.00 Å². The third-order valence-electron chi connectivity index (χ3n) is 4.36. The maximum absolute atomic E-state index is 12.6. The first-order valence-corrected chi connectivity index (χ1v) is 9.78. The molecule has 0 spiro atoms. The van der Waals surface area contributed by atoms with E-state index < -0.39 is 6.10 Å². The number of benzene rings is 1. The maximum atomic E-state index is 12.6. The van der Waals surface area contributed by atoms with E-state index in [0.717, 1.165) is 29.7 Å². The molecular formula is C20H23NO5S. The summed E-state index contributed by atoms with van der Waals surface area (Å²) in [5.41, 5.74) is 1.51. The van der Waals surface area contributed by atoms with Gasteiger partial charge in [0.15, 0.2) is 6.10 Å². The van der Waals surface area contributed by atoms with Gasteiger partial charge in [-0.1, -0.05) is 6.07 Å². The third kappa shape index (κ3) is 4.24. The van der Waals surface area contributed by atoms with Gasteiger partial charge in [0.2, 0.25) is 0 Å². The summed E-state index contributed by atoms with van der Waals surface area (Å²) in [5.74, 6) is 0.493. The first-order chi connectivity index (χ1) is 13.0. The minimum Gasteiger partial charge on any atom is -0.497 e. The number of amides is 1. The second-order valence-electron chi connectivity index (χ2n) is 6.21. The fraction of sp³-hybridized carbons (Fsp3) is 0.400. The van der Waals surface area contributed by atoms with Gasteiger partial charge >= 0.3 is 5.97 Å². The topological polar surface area (TPSA) is 73.9 Å². The predicted molar refractivity (Wildman–Crippen MR) is 104 cm³/mol. The Kier molecular flexibility index (Phi) is 6.01. The Labute approximate surface area is 162 Å². The van der Waals surface area contributed by atoms with Crippen LogP contribution in [-0.4, -0.2) is 31.7 Å². The van der Waals surface area contributed by atoms with Crippen LogP contribution < -0.4 is 14.8 Å². The highest BCUT2D eigenvalue weighted by Gasteiger charge is 2.29. The standard InChI is InChI=1S/C20H23NO5S/c1-4-25-20(23)17-15-9-6-10-16(15)27-19(17)21-18(22)12(2)26-14-8-5-7-13(11-14)24-3/h5,7-8,11-12H,4,6,9-10H2,1-3H3,(H,21,22)/t12-/m1/s1. The van der Waals surface area contributed by atoms with Gasteiger partial charge in [0.1, 0.15) is 16.5 Å². The first kappa shape index (κ1) is 19.2. The zero-order chi connectivity index (χ0) is 19.4. The van der Waals surface area contributed by atoms with Crippen molar-refractivity contribution >= 4 is 28.2 Å². The van der Waals surface area contributed by atoms with E-state index in [1.165, 1.54) is 11.3 Å². The minimum absolute atomic E-state index is 0.298. The van der Waals surface area contributed by atoms with Crippen LogP contribution in [0.5, 0.6) is 11.5 Å². The molecular weight excluding hydrogens is 366 g/mol. The average molecular weight is 389 g/mol. The third-order valence-corrected chi connectivity index (χ3v) is 5.57. The lowest BCUT2D eigenvalue weighted by Gasteiger charge is -2.15. The van der Waals surface area contributed by atoms with Gasteiger partial charge in [0.25, 0.3) is 5.91 Å². The monoisotopic (exact) mass is 389 g/mol. The molecule has 1 heterocycles. The minimum atomic E-state index is -0.732. The molecule has 7 heteroatoms. The largest absolute Gasteiger partial charge is 0.497 e. The number of ether oxygens (including phenoxy) is 3. The molecule has 3 rings (SSSR count). The maximum Gasteiger partial charge on any atom is 0.341 e. The van der Waals surface area contributed by atoms with Crippen LogP contribution in [0.2, 0.25) is 0 Å². The van der Waals surface area contributed by atoms with Gasteiger partial charge in [0, 0.05) is 10.9 Å². The van der Waals surface area contributed by atoms with Crippen LogP contribution in [0.25, 0.3) is 0 Å². The quantitative estimate of drug-likeness (QED) is 0.729. The molecule has 1 aromatic carbocycles. The Morgan fingerprint density at radius 2 is 2.04 bits per heavy atom. The highest BCUT2D eigenvalue weighted by atomic mass is 32.1. The van der Waals surface area contributed by atoms with Crippen LogP contribution in [0.3, 0.4) is 0 Å². The van der Waals surface area contributed by atoms with Gasteiger partial charge in [-0.2, -0.15) is 0 Å². The Hall–Kier alpha value is -2.54. The molecule has 1 N–H and O–H groups in total. The highest BCUT2D eigenvalue weighted by molar-refractivity contribution is 7.17. The van der Waals surface area contributed by atoms with Crippen molar-refractivity contribution in [2.45, 2.75) is 39.2 Å². The van der Waals surface area contributed by atoms with Crippen molar-refractivity contribution in [2.24, 2.45) is 0 Å². The normalized spacial score (nSPS) is 13.6. The summed E-state index contributed by atoms with van der Waals surface area (Å²) < 4.78 is 16.1. The Morgan fingerprint density at radius 3 is 2.78 bits per heavy atom. The molecule has 1 amide bonds. The van der Waals surface area contributed by atoms with E-state index >= 15 is 0 Å². The van der Waals surface area contributed by atoms with E-state index in [4.69, 9.17) is 14.2 Å². The summed E-state index contributed by atoms with van der Waals surface area (Å²) in [7, 11) is 1.57. The zero-order valence-electron chi connectivity index (χ0n) is 15.7. The summed E-state index contributed by atoms with van der Waals surface area (Å²) >= 11 is 1.45. The molecule has 0 bridgehead atoms. The molecule has 1 atom stereocenters. The number of rotatable bonds is 7. The Morgan fingerprint density at radius 1 is 1.26 bits per heavy atom. The lowest BCUT2D eigenvalue weighted by molar-refractivity contribution is -0.122. The lowest BCUT2D eigenvalue weighted by Crippen LogP contribution is -2.30. The van der Waals surface area contributed by atoms with Gasteiger partial charge in [-0.05, 0) is 50.8 Å². The van der Waals surface area contributed by atoms with Crippen LogP contribution in [0, 0.1) is 0 Å². The number of carbonyl (C=O) groups is 2. The second-order valence-corrected chi connectivity index (χ2v) is 7.32. The van der Waals surface area contributed by atoms with Crippen LogP contribution >= 0.6 is 11.3 Å². The molecule has 1 aliphatic carbocycles. The van der Waals surface area contributed by atoms with E-state index in [0.29, 0.717) is 28.7 Å². The number of nitrogens with one attached hydrogen (secondary N) is 1. The van der Waals surface area contributed by atoms with E-state index in [2.05, 4.69) is 5.32 Å². The zero-order valence-corrected chi connectivity index (χ0v) is 16.5. The second kappa shape index (κ2) is 8.43. The van der Waals surface area contributed by atoms with Crippen molar-refractivity contribution in [1.29, 1.82) is 0 Å². The van der Waals surface area contributed by atoms with Gasteiger partial charge in [0.05, 0.1) is 19.3 Å². The van der Waals surface area contributed by atoms with Crippen molar-refractivity contribution in [3.8, 4) is 11.5 Å². The molecule has 27 heavy (non-hydrogen) atoms. The molecule has 0 radical (unpaired) electrons. The van der Waals surface area contributed by atoms with Crippen LogP contribution in [-0.2, 0) is 22.4 Å². The molecule has 144 valence electrons. The number of esters is 1. The first-order valence-electron chi connectivity index (χ1n) is 8.96. The fourth-order valence-corrected chi connectivity index (χ4v) is 4.34. The molecule has 1 aromatic heterocycles. The molecule has 0 saturated carbocycles. The van der Waals surface area contributed by atoms with E-state index in [-0.39, 0.29) is 11.9 Å². The van der Waals surface area contributed by atoms with E-state index in [9.17, 15) is 9.59 Å². The van der Waals surface area contributed by atoms with Crippen molar-refractivity contribution in [2.75, 3.05) is 19.0 Å². The summed E-state index contributed by atoms with van der Waals surface area (Å²) in [6.07, 6.45) is 2.06. The summed E-state index contributed by atoms with van der Waals surface area (Å²) in [6.45, 7) is 3.74. The summed E-state index contributed by atoms with van der Waals surface area (Å²) in [5, 5.41) is 3.40. The number of aryl methyl sites for hydroxylation is 1. The fourth-order valence-electron chi connectivity index (χ4n) is 3.06. The Balaban J connectivity index is 1.74. The highest BCUT2D eigenvalue weighted by Crippen LogP contribution is 2.39. The van der Waals surface area contributed by atoms with Gasteiger partial charge < -0.3 is 19.5 Å². The van der Waals surface area contributed by atoms with E-state index in [1.807, 2.05) is 0 Å². The van der Waals surface area contributed by atoms with Gasteiger partial charge in [-0.15, -0.1) is 11.3 Å². The molecule has 2 aromatic rings. The number of hydrogen-bond donors (Lipinski definition) is 1. The number of carbonyl (C=O) groups excluding carboxylic acids is 2. The summed E-state index contributed by atoms with van der Waals surface area (Å²) in [4.78, 5) is 26.2. The molecule has 0 unspecified atom stereocenters. The van der Waals surface area contributed by atoms with Gasteiger partial charge in [-0.25, -0.2) is 4.79 Å². The number of methoxy groups -OCH3 is 1. The smallest absolute Gasteiger partial charge is 0.341 e. The van der Waals surface area contributed by atoms with E-state index in [1.54, 1.807) is 45.2 Å². The lowest BCUT2D eigenvalue weighted by atomic mass is 10.1. The molecule has 0 aliphatic heterocycles. The number of anilines is 1. The average Bonchev–Trinajstić information content (AvgIpc) is 3.22.